The van der Waals surface area contributed by atoms with E-state index in [1.54, 1.807) is 11.0 Å². The van der Waals surface area contributed by atoms with Crippen LogP contribution in [0.3, 0.4) is 0 Å². The van der Waals surface area contributed by atoms with Gasteiger partial charge in [0, 0.05) is 31.2 Å². The summed E-state index contributed by atoms with van der Waals surface area (Å²) in [5, 5.41) is 8.79. The molecule has 1 aromatic carbocycles. The summed E-state index contributed by atoms with van der Waals surface area (Å²) in [5.41, 5.74) is 1.45. The Morgan fingerprint density at radius 1 is 1.10 bits per heavy atom. The van der Waals surface area contributed by atoms with Gasteiger partial charge >= 0.3 is 6.03 Å². The van der Waals surface area contributed by atoms with E-state index in [2.05, 4.69) is 16.0 Å². The van der Waals surface area contributed by atoms with Gasteiger partial charge in [-0.15, -0.1) is 0 Å². The second-order valence-corrected chi connectivity index (χ2v) is 7.74. The highest BCUT2D eigenvalue weighted by atomic mass is 16.2. The van der Waals surface area contributed by atoms with Crippen molar-refractivity contribution < 1.29 is 14.4 Å². The van der Waals surface area contributed by atoms with Crippen molar-refractivity contribution in [2.45, 2.75) is 59.0 Å². The second kappa shape index (κ2) is 10.8. The van der Waals surface area contributed by atoms with Crippen LogP contribution in [0.4, 0.5) is 4.79 Å². The summed E-state index contributed by atoms with van der Waals surface area (Å²) >= 11 is 0. The summed E-state index contributed by atoms with van der Waals surface area (Å²) in [6.45, 7) is 9.47. The van der Waals surface area contributed by atoms with Crippen LogP contribution in [0.2, 0.25) is 0 Å². The maximum absolute atomic E-state index is 13.0. The van der Waals surface area contributed by atoms with Crippen LogP contribution in [-0.4, -0.2) is 54.5 Å². The van der Waals surface area contributed by atoms with Gasteiger partial charge in [-0.2, -0.15) is 0 Å². The number of hydrogen-bond acceptors (Lipinski definition) is 3. The van der Waals surface area contributed by atoms with E-state index in [0.717, 1.165) is 12.0 Å². The Hall–Kier alpha value is -2.57. The van der Waals surface area contributed by atoms with Gasteiger partial charge in [-0.3, -0.25) is 9.59 Å². The lowest BCUT2D eigenvalue weighted by atomic mass is 9.88. The fourth-order valence-corrected chi connectivity index (χ4v) is 3.58. The average molecular weight is 403 g/mol. The minimum Gasteiger partial charge on any atom is -0.352 e. The van der Waals surface area contributed by atoms with Crippen molar-refractivity contribution in [1.82, 2.24) is 20.9 Å². The number of nitrogens with one attached hydrogen (secondary N) is 3. The molecule has 1 heterocycles. The molecule has 1 saturated heterocycles. The molecule has 0 radical (unpaired) electrons. The fourth-order valence-electron chi connectivity index (χ4n) is 3.58. The van der Waals surface area contributed by atoms with Gasteiger partial charge in [-0.25, -0.2) is 4.79 Å². The lowest BCUT2D eigenvalue weighted by Gasteiger charge is -2.36. The van der Waals surface area contributed by atoms with Crippen molar-refractivity contribution in [3.63, 3.8) is 0 Å². The second-order valence-electron chi connectivity index (χ2n) is 7.74. The SMILES string of the molecule is CCNC(=O)N1CCC([C@H](NC(=O)c2ccccc2C)C(=O)N[C@@H](C)CC)CC1. The molecule has 160 valence electrons. The molecule has 0 spiro atoms. The molecule has 7 nitrogen and oxygen atoms in total. The van der Waals surface area contributed by atoms with Crippen LogP contribution in [0.25, 0.3) is 0 Å². The maximum Gasteiger partial charge on any atom is 0.317 e. The van der Waals surface area contributed by atoms with E-state index >= 15 is 0 Å². The van der Waals surface area contributed by atoms with Gasteiger partial charge in [0.1, 0.15) is 6.04 Å². The van der Waals surface area contributed by atoms with E-state index in [1.165, 1.54) is 0 Å². The smallest absolute Gasteiger partial charge is 0.317 e. The largest absolute Gasteiger partial charge is 0.352 e. The van der Waals surface area contributed by atoms with Gasteiger partial charge < -0.3 is 20.9 Å². The predicted octanol–water partition coefficient (Wildman–Crippen LogP) is 2.45. The third-order valence-corrected chi connectivity index (χ3v) is 5.59. The van der Waals surface area contributed by atoms with Crippen molar-refractivity contribution in [1.29, 1.82) is 0 Å². The molecule has 4 amide bonds. The number of aryl methyl sites for hydroxylation is 1. The zero-order chi connectivity index (χ0) is 21.4. The minimum absolute atomic E-state index is 0.0160. The molecule has 2 rings (SSSR count). The predicted molar refractivity (Wildman–Crippen MR) is 114 cm³/mol. The number of piperidine rings is 1. The van der Waals surface area contributed by atoms with Crippen molar-refractivity contribution in [3.05, 3.63) is 35.4 Å². The summed E-state index contributed by atoms with van der Waals surface area (Å²) < 4.78 is 0. The quantitative estimate of drug-likeness (QED) is 0.654. The molecule has 29 heavy (non-hydrogen) atoms. The molecule has 0 saturated carbocycles. The molecule has 3 N–H and O–H groups in total. The summed E-state index contributed by atoms with van der Waals surface area (Å²) in [5.74, 6) is -0.408. The van der Waals surface area contributed by atoms with E-state index in [4.69, 9.17) is 0 Å². The Morgan fingerprint density at radius 2 is 1.76 bits per heavy atom. The number of amides is 4. The normalized spacial score (nSPS) is 16.6. The monoisotopic (exact) mass is 402 g/mol. The third kappa shape index (κ3) is 6.21. The Morgan fingerprint density at radius 3 is 2.34 bits per heavy atom. The highest BCUT2D eigenvalue weighted by Gasteiger charge is 2.34. The van der Waals surface area contributed by atoms with Crippen LogP contribution in [0.5, 0.6) is 0 Å². The molecule has 2 atom stereocenters. The molecule has 0 aliphatic carbocycles. The molecule has 1 aliphatic rings. The number of nitrogens with zero attached hydrogens (tertiary/aromatic N) is 1. The summed E-state index contributed by atoms with van der Waals surface area (Å²) in [6, 6.07) is 6.70. The average Bonchev–Trinajstić information content (AvgIpc) is 2.72. The number of rotatable bonds is 7. The van der Waals surface area contributed by atoms with Crippen molar-refractivity contribution in [2.24, 2.45) is 5.92 Å². The first kappa shape index (κ1) is 22.7. The Kier molecular flexibility index (Phi) is 8.49. The molecule has 1 aromatic rings. The number of likely N-dealkylation sites (tertiary alicyclic amines) is 1. The van der Waals surface area contributed by atoms with Gasteiger partial charge in [0.15, 0.2) is 0 Å². The molecule has 0 aromatic heterocycles. The molecular formula is C22H34N4O3. The van der Waals surface area contributed by atoms with E-state index in [0.29, 0.717) is 38.0 Å². The fraction of sp³-hybridized carbons (Fsp3) is 0.591. The first-order chi connectivity index (χ1) is 13.9. The molecule has 0 bridgehead atoms. The zero-order valence-corrected chi connectivity index (χ0v) is 18.0. The molecule has 0 unspecified atom stereocenters. The van der Waals surface area contributed by atoms with Gasteiger partial charge in [0.25, 0.3) is 5.91 Å². The lowest BCUT2D eigenvalue weighted by molar-refractivity contribution is -0.125. The Labute approximate surface area is 173 Å². The zero-order valence-electron chi connectivity index (χ0n) is 18.0. The van der Waals surface area contributed by atoms with E-state index in [9.17, 15) is 14.4 Å². The maximum atomic E-state index is 13.0. The Balaban J connectivity index is 2.11. The van der Waals surface area contributed by atoms with Crippen LogP contribution in [0.1, 0.15) is 56.0 Å². The number of benzene rings is 1. The Bertz CT molecular complexity index is 714. The minimum atomic E-state index is -0.618. The van der Waals surface area contributed by atoms with Gasteiger partial charge in [0.05, 0.1) is 0 Å². The van der Waals surface area contributed by atoms with Crippen molar-refractivity contribution in [3.8, 4) is 0 Å². The summed E-state index contributed by atoms with van der Waals surface area (Å²) in [4.78, 5) is 39.7. The third-order valence-electron chi connectivity index (χ3n) is 5.59. The van der Waals surface area contributed by atoms with Crippen LogP contribution >= 0.6 is 0 Å². The number of carbonyl (C=O) groups is 3. The van der Waals surface area contributed by atoms with Gasteiger partial charge in [-0.05, 0) is 57.6 Å². The van der Waals surface area contributed by atoms with Crippen LogP contribution in [0.15, 0.2) is 24.3 Å². The number of hydrogen-bond donors (Lipinski definition) is 3. The highest BCUT2D eigenvalue weighted by molar-refractivity contribution is 5.98. The molecule has 7 heteroatoms. The van der Waals surface area contributed by atoms with Crippen molar-refractivity contribution in [2.75, 3.05) is 19.6 Å². The van der Waals surface area contributed by atoms with E-state index in [1.807, 2.05) is 45.9 Å². The molecule has 1 fully saturated rings. The van der Waals surface area contributed by atoms with E-state index in [-0.39, 0.29) is 29.8 Å². The van der Waals surface area contributed by atoms with Gasteiger partial charge in [0.2, 0.25) is 5.91 Å². The molecular weight excluding hydrogens is 368 g/mol. The van der Waals surface area contributed by atoms with Crippen LogP contribution < -0.4 is 16.0 Å². The summed E-state index contributed by atoms with van der Waals surface area (Å²) in [6.07, 6.45) is 2.16. The topological polar surface area (TPSA) is 90.5 Å². The number of carbonyl (C=O) groups excluding carboxylic acids is 3. The first-order valence-electron chi connectivity index (χ1n) is 10.6. The van der Waals surface area contributed by atoms with Crippen molar-refractivity contribution >= 4 is 17.8 Å². The summed E-state index contributed by atoms with van der Waals surface area (Å²) in [7, 11) is 0. The first-order valence-corrected chi connectivity index (χ1v) is 10.6. The lowest BCUT2D eigenvalue weighted by Crippen LogP contribution is -2.55. The standard InChI is InChI=1S/C22H34N4O3/c1-5-16(4)24-21(28)19(25-20(27)18-10-8-7-9-15(18)3)17-11-13-26(14-12-17)22(29)23-6-2/h7-10,16-17,19H,5-6,11-14H2,1-4H3,(H,23,29)(H,24,28)(H,25,27)/t16-,19-/m0/s1. The van der Waals surface area contributed by atoms with Gasteiger partial charge in [-0.1, -0.05) is 25.1 Å². The van der Waals surface area contributed by atoms with E-state index < -0.39 is 6.04 Å². The highest BCUT2D eigenvalue weighted by Crippen LogP contribution is 2.22. The van der Waals surface area contributed by atoms with Crippen LogP contribution in [-0.2, 0) is 4.79 Å². The number of urea groups is 1. The molecule has 1 aliphatic heterocycles. The van der Waals surface area contributed by atoms with Crippen LogP contribution in [0, 0.1) is 12.8 Å².